The van der Waals surface area contributed by atoms with Crippen LogP contribution in [0.3, 0.4) is 0 Å². The maximum atomic E-state index is 12.7. The molecule has 0 heterocycles. The molecule has 0 aliphatic carbocycles. The second-order valence-corrected chi connectivity index (χ2v) is 7.54. The number of para-hydroxylation sites is 1. The summed E-state index contributed by atoms with van der Waals surface area (Å²) in [5.74, 6) is -1.99. The minimum Gasteiger partial charge on any atom is -0.443 e. The van der Waals surface area contributed by atoms with Gasteiger partial charge < -0.3 is 10.1 Å². The van der Waals surface area contributed by atoms with Crippen molar-refractivity contribution < 1.29 is 27.9 Å². The first-order chi connectivity index (χ1) is 14.1. The molecule has 2 aromatic rings. The van der Waals surface area contributed by atoms with Gasteiger partial charge in [0.1, 0.15) is 5.60 Å². The molecule has 0 bridgehead atoms. The first-order valence-electron chi connectivity index (χ1n) is 9.30. The number of nitrogens with one attached hydrogen (secondary N) is 1. The molecule has 8 heteroatoms. The Morgan fingerprint density at radius 1 is 1.00 bits per heavy atom. The van der Waals surface area contributed by atoms with Gasteiger partial charge in [-0.1, -0.05) is 42.5 Å². The van der Waals surface area contributed by atoms with Crippen LogP contribution in [0, 0.1) is 0 Å². The molecule has 0 unspecified atom stereocenters. The predicted molar refractivity (Wildman–Crippen MR) is 109 cm³/mol. The summed E-state index contributed by atoms with van der Waals surface area (Å²) in [5.41, 5.74) is 0.986. The topological polar surface area (TPSA) is 75.7 Å². The number of carbonyl (C=O) groups is 3. The molecule has 160 valence electrons. The summed E-state index contributed by atoms with van der Waals surface area (Å²) in [5, 5.41) is 1.88. The molecule has 0 atom stereocenters. The number of ketones is 1. The summed E-state index contributed by atoms with van der Waals surface area (Å²) in [7, 11) is 0. The zero-order valence-electron chi connectivity index (χ0n) is 17.0. The SMILES string of the molecule is CC(C)(C)OC(=O)N(Cc1ccc(C(=O)CNC(=O)C(F)F)cc1)c1ccccc1. The van der Waals surface area contributed by atoms with Crippen LogP contribution in [0.5, 0.6) is 0 Å². The molecule has 1 N–H and O–H groups in total. The van der Waals surface area contributed by atoms with E-state index in [1.54, 1.807) is 45.0 Å². The predicted octanol–water partition coefficient (Wildman–Crippen LogP) is 4.19. The maximum absolute atomic E-state index is 12.7. The lowest BCUT2D eigenvalue weighted by Crippen LogP contribution is -2.36. The zero-order valence-corrected chi connectivity index (χ0v) is 17.0. The van der Waals surface area contributed by atoms with Crippen molar-refractivity contribution in [3.63, 3.8) is 0 Å². The fraction of sp³-hybridized carbons (Fsp3) is 0.318. The number of ether oxygens (including phenoxy) is 1. The molecular formula is C22H24F2N2O4. The minimum absolute atomic E-state index is 0.204. The van der Waals surface area contributed by atoms with Gasteiger partial charge in [-0.25, -0.2) is 4.79 Å². The Morgan fingerprint density at radius 3 is 2.13 bits per heavy atom. The highest BCUT2D eigenvalue weighted by molar-refractivity contribution is 5.99. The molecule has 0 aliphatic rings. The highest BCUT2D eigenvalue weighted by Crippen LogP contribution is 2.21. The molecule has 30 heavy (non-hydrogen) atoms. The lowest BCUT2D eigenvalue weighted by Gasteiger charge is -2.27. The smallest absolute Gasteiger partial charge is 0.415 e. The van der Waals surface area contributed by atoms with Gasteiger partial charge in [0.2, 0.25) is 0 Å². The molecule has 6 nitrogen and oxygen atoms in total. The number of benzene rings is 2. The molecule has 0 aliphatic heterocycles. The molecule has 0 spiro atoms. The number of amides is 2. The number of anilines is 1. The Morgan fingerprint density at radius 2 is 1.60 bits per heavy atom. The molecule has 0 fully saturated rings. The van der Waals surface area contributed by atoms with Crippen LogP contribution in [-0.4, -0.2) is 36.4 Å². The number of Topliss-reactive ketones (excluding diaryl/α,β-unsaturated/α-hetero) is 1. The normalized spacial score (nSPS) is 11.1. The van der Waals surface area contributed by atoms with Crippen LogP contribution in [0.2, 0.25) is 0 Å². The van der Waals surface area contributed by atoms with E-state index in [9.17, 15) is 23.2 Å². The van der Waals surface area contributed by atoms with Crippen LogP contribution >= 0.6 is 0 Å². The van der Waals surface area contributed by atoms with E-state index in [1.807, 2.05) is 23.5 Å². The fourth-order valence-corrected chi connectivity index (χ4v) is 2.51. The van der Waals surface area contributed by atoms with Crippen molar-refractivity contribution >= 4 is 23.5 Å². The second kappa shape index (κ2) is 9.96. The van der Waals surface area contributed by atoms with E-state index in [2.05, 4.69) is 0 Å². The average Bonchev–Trinajstić information content (AvgIpc) is 2.69. The standard InChI is InChI=1S/C22H24F2N2O4/c1-22(2,3)30-21(29)26(17-7-5-4-6-8-17)14-15-9-11-16(12-10-15)18(27)13-25-20(28)19(23)24/h4-12,19H,13-14H2,1-3H3,(H,25,28). The number of halogens is 2. The third kappa shape index (κ3) is 6.95. The molecule has 0 saturated carbocycles. The van der Waals surface area contributed by atoms with Gasteiger partial charge in [0.15, 0.2) is 5.78 Å². The van der Waals surface area contributed by atoms with E-state index in [0.29, 0.717) is 5.69 Å². The van der Waals surface area contributed by atoms with Crippen molar-refractivity contribution in [1.29, 1.82) is 0 Å². The van der Waals surface area contributed by atoms with Crippen LogP contribution in [0.4, 0.5) is 19.3 Å². The van der Waals surface area contributed by atoms with Crippen molar-refractivity contribution in [1.82, 2.24) is 5.32 Å². The first-order valence-corrected chi connectivity index (χ1v) is 9.30. The number of hydrogen-bond donors (Lipinski definition) is 1. The van der Waals surface area contributed by atoms with Gasteiger partial charge in [0.25, 0.3) is 5.91 Å². The molecule has 2 aromatic carbocycles. The Labute approximate surface area is 173 Å². The number of alkyl halides is 2. The third-order valence-corrected chi connectivity index (χ3v) is 3.92. The molecule has 0 saturated heterocycles. The van der Waals surface area contributed by atoms with Gasteiger partial charge in [-0.15, -0.1) is 0 Å². The van der Waals surface area contributed by atoms with Crippen LogP contribution in [0.1, 0.15) is 36.7 Å². The minimum atomic E-state index is -3.17. The Kier molecular flexibility index (Phi) is 7.63. The molecule has 0 radical (unpaired) electrons. The summed E-state index contributed by atoms with van der Waals surface area (Å²) >= 11 is 0. The monoisotopic (exact) mass is 418 g/mol. The zero-order chi connectivity index (χ0) is 22.3. The second-order valence-electron chi connectivity index (χ2n) is 7.54. The van der Waals surface area contributed by atoms with Crippen molar-refractivity contribution in [2.45, 2.75) is 39.3 Å². The summed E-state index contributed by atoms with van der Waals surface area (Å²) in [6, 6.07) is 15.4. The van der Waals surface area contributed by atoms with Crippen molar-refractivity contribution in [2.24, 2.45) is 0 Å². The summed E-state index contributed by atoms with van der Waals surface area (Å²) in [4.78, 5) is 37.1. The van der Waals surface area contributed by atoms with Gasteiger partial charge in [0.05, 0.1) is 13.1 Å². The van der Waals surface area contributed by atoms with Gasteiger partial charge >= 0.3 is 12.5 Å². The quantitative estimate of drug-likeness (QED) is 0.684. The highest BCUT2D eigenvalue weighted by Gasteiger charge is 2.23. The van der Waals surface area contributed by atoms with E-state index in [4.69, 9.17) is 4.74 Å². The highest BCUT2D eigenvalue weighted by atomic mass is 19.3. The molecular weight excluding hydrogens is 394 g/mol. The lowest BCUT2D eigenvalue weighted by atomic mass is 10.1. The van der Waals surface area contributed by atoms with Crippen molar-refractivity contribution in [3.8, 4) is 0 Å². The van der Waals surface area contributed by atoms with Gasteiger partial charge in [-0.3, -0.25) is 14.5 Å². The Balaban J connectivity index is 2.12. The van der Waals surface area contributed by atoms with E-state index in [0.717, 1.165) is 5.56 Å². The Hall–Kier alpha value is -3.29. The summed E-state index contributed by atoms with van der Waals surface area (Å²) in [6.45, 7) is 5.02. The van der Waals surface area contributed by atoms with Crippen molar-refractivity contribution in [2.75, 3.05) is 11.4 Å². The molecule has 2 amide bonds. The fourth-order valence-electron chi connectivity index (χ4n) is 2.51. The summed E-state index contributed by atoms with van der Waals surface area (Å²) < 4.78 is 29.9. The lowest BCUT2D eigenvalue weighted by molar-refractivity contribution is -0.131. The first kappa shape index (κ1) is 23.0. The van der Waals surface area contributed by atoms with Crippen LogP contribution in [0.25, 0.3) is 0 Å². The maximum Gasteiger partial charge on any atom is 0.415 e. The number of rotatable bonds is 7. The van der Waals surface area contributed by atoms with Crippen LogP contribution in [0.15, 0.2) is 54.6 Å². The molecule has 0 aromatic heterocycles. The van der Waals surface area contributed by atoms with E-state index in [-0.39, 0.29) is 12.1 Å². The van der Waals surface area contributed by atoms with Gasteiger partial charge in [-0.2, -0.15) is 8.78 Å². The van der Waals surface area contributed by atoms with E-state index < -0.39 is 36.4 Å². The van der Waals surface area contributed by atoms with Gasteiger partial charge in [0, 0.05) is 11.3 Å². The Bertz CT molecular complexity index is 878. The molecule has 2 rings (SSSR count). The number of nitrogens with zero attached hydrogens (tertiary/aromatic N) is 1. The van der Waals surface area contributed by atoms with Crippen molar-refractivity contribution in [3.05, 3.63) is 65.7 Å². The third-order valence-electron chi connectivity index (χ3n) is 3.92. The number of carbonyl (C=O) groups excluding carboxylic acids is 3. The average molecular weight is 418 g/mol. The van der Waals surface area contributed by atoms with E-state index >= 15 is 0 Å². The largest absolute Gasteiger partial charge is 0.443 e. The van der Waals surface area contributed by atoms with Gasteiger partial charge in [-0.05, 0) is 38.5 Å². The van der Waals surface area contributed by atoms with E-state index in [1.165, 1.54) is 17.0 Å². The summed E-state index contributed by atoms with van der Waals surface area (Å²) in [6.07, 6.45) is -3.68. The van der Waals surface area contributed by atoms with Crippen LogP contribution < -0.4 is 10.2 Å². The van der Waals surface area contributed by atoms with Crippen LogP contribution in [-0.2, 0) is 16.1 Å². The number of hydrogen-bond acceptors (Lipinski definition) is 4.